The van der Waals surface area contributed by atoms with E-state index in [1.165, 1.54) is 0 Å². The second kappa shape index (κ2) is 4.98. The minimum Gasteiger partial charge on any atom is -0.487 e. The molecule has 3 heteroatoms. The summed E-state index contributed by atoms with van der Waals surface area (Å²) in [4.78, 5) is 4.19. The van der Waals surface area contributed by atoms with Crippen molar-refractivity contribution in [2.24, 2.45) is 0 Å². The molecule has 3 rings (SSSR count). The molecule has 0 fully saturated rings. The Hall–Kier alpha value is -2.55. The molecule has 0 aliphatic rings. The van der Waals surface area contributed by atoms with Crippen molar-refractivity contribution in [3.63, 3.8) is 0 Å². The Kier molecular flexibility index (Phi) is 3.02. The number of anilines is 1. The van der Waals surface area contributed by atoms with Crippen LogP contribution >= 0.6 is 0 Å². The summed E-state index contributed by atoms with van der Waals surface area (Å²) in [5.41, 5.74) is 7.64. The summed E-state index contributed by atoms with van der Waals surface area (Å²) in [6, 6.07) is 15.8. The number of nitrogens with two attached hydrogens (primary N) is 1. The Morgan fingerprint density at radius 3 is 2.68 bits per heavy atom. The first kappa shape index (κ1) is 11.5. The molecular weight excluding hydrogens is 236 g/mol. The molecule has 0 bridgehead atoms. The molecule has 0 aliphatic heterocycles. The summed E-state index contributed by atoms with van der Waals surface area (Å²) in [7, 11) is 0. The first-order valence-electron chi connectivity index (χ1n) is 6.13. The number of hydrogen-bond donors (Lipinski definition) is 1. The van der Waals surface area contributed by atoms with E-state index in [2.05, 4.69) is 4.98 Å². The maximum absolute atomic E-state index is 5.84. The van der Waals surface area contributed by atoms with Gasteiger partial charge in [-0.25, -0.2) is 0 Å². The van der Waals surface area contributed by atoms with Gasteiger partial charge in [0.2, 0.25) is 0 Å². The van der Waals surface area contributed by atoms with Crippen LogP contribution in [0.25, 0.3) is 10.8 Å². The predicted octanol–water partition coefficient (Wildman–Crippen LogP) is 3.40. The van der Waals surface area contributed by atoms with Gasteiger partial charge >= 0.3 is 0 Å². The Morgan fingerprint density at radius 1 is 1.00 bits per heavy atom. The van der Waals surface area contributed by atoms with Gasteiger partial charge in [-0.3, -0.25) is 4.98 Å². The van der Waals surface area contributed by atoms with Crippen molar-refractivity contribution in [2.75, 3.05) is 5.73 Å². The van der Waals surface area contributed by atoms with E-state index < -0.39 is 0 Å². The van der Waals surface area contributed by atoms with Crippen LogP contribution in [-0.2, 0) is 6.61 Å². The van der Waals surface area contributed by atoms with E-state index in [-0.39, 0.29) is 0 Å². The number of aromatic nitrogens is 1. The van der Waals surface area contributed by atoms with Crippen molar-refractivity contribution in [1.29, 1.82) is 0 Å². The van der Waals surface area contributed by atoms with Crippen molar-refractivity contribution in [2.45, 2.75) is 6.61 Å². The fourth-order valence-corrected chi connectivity index (χ4v) is 2.02. The number of hydrogen-bond acceptors (Lipinski definition) is 3. The van der Waals surface area contributed by atoms with E-state index in [0.29, 0.717) is 6.61 Å². The zero-order valence-electron chi connectivity index (χ0n) is 10.4. The number of rotatable bonds is 3. The molecule has 0 radical (unpaired) electrons. The van der Waals surface area contributed by atoms with Gasteiger partial charge in [0.1, 0.15) is 12.4 Å². The van der Waals surface area contributed by atoms with Gasteiger partial charge in [0, 0.05) is 22.7 Å². The van der Waals surface area contributed by atoms with Crippen molar-refractivity contribution in [3.8, 4) is 5.75 Å². The van der Waals surface area contributed by atoms with Crippen LogP contribution in [-0.4, -0.2) is 4.98 Å². The standard InChI is InChI=1S/C16H14N2O/c17-14-6-7-15-13(8-14)9-18-10-16(15)19-11-12-4-2-1-3-5-12/h1-10H,11,17H2. The molecule has 1 aromatic heterocycles. The van der Waals surface area contributed by atoms with Gasteiger partial charge in [-0.15, -0.1) is 0 Å². The van der Waals surface area contributed by atoms with Gasteiger partial charge < -0.3 is 10.5 Å². The Balaban J connectivity index is 1.89. The van der Waals surface area contributed by atoms with Gasteiger partial charge in [0.25, 0.3) is 0 Å². The van der Waals surface area contributed by atoms with Crippen LogP contribution in [0.4, 0.5) is 5.69 Å². The number of fused-ring (bicyclic) bond motifs is 1. The van der Waals surface area contributed by atoms with Gasteiger partial charge in [-0.2, -0.15) is 0 Å². The van der Waals surface area contributed by atoms with E-state index in [0.717, 1.165) is 27.8 Å². The fourth-order valence-electron chi connectivity index (χ4n) is 2.02. The molecule has 0 saturated carbocycles. The molecule has 0 atom stereocenters. The number of benzene rings is 2. The summed E-state index contributed by atoms with van der Waals surface area (Å²) in [5, 5.41) is 2.02. The summed E-state index contributed by atoms with van der Waals surface area (Å²) < 4.78 is 5.84. The molecule has 94 valence electrons. The third-order valence-electron chi connectivity index (χ3n) is 2.98. The van der Waals surface area contributed by atoms with Crippen molar-refractivity contribution in [3.05, 3.63) is 66.5 Å². The van der Waals surface area contributed by atoms with Crippen molar-refractivity contribution >= 4 is 16.5 Å². The van der Waals surface area contributed by atoms with E-state index in [9.17, 15) is 0 Å². The van der Waals surface area contributed by atoms with Crippen molar-refractivity contribution in [1.82, 2.24) is 4.98 Å². The highest BCUT2D eigenvalue weighted by Gasteiger charge is 2.03. The van der Waals surface area contributed by atoms with E-state index in [4.69, 9.17) is 10.5 Å². The number of ether oxygens (including phenoxy) is 1. The largest absolute Gasteiger partial charge is 0.487 e. The quantitative estimate of drug-likeness (QED) is 0.725. The molecule has 2 N–H and O–H groups in total. The van der Waals surface area contributed by atoms with Crippen LogP contribution in [0.2, 0.25) is 0 Å². The zero-order chi connectivity index (χ0) is 13.1. The van der Waals surface area contributed by atoms with Gasteiger partial charge in [-0.1, -0.05) is 30.3 Å². The van der Waals surface area contributed by atoms with Crippen LogP contribution in [0, 0.1) is 0 Å². The molecule has 0 unspecified atom stereocenters. The van der Waals surface area contributed by atoms with Gasteiger partial charge in [-0.05, 0) is 23.8 Å². The number of nitrogens with zero attached hydrogens (tertiary/aromatic N) is 1. The van der Waals surface area contributed by atoms with Crippen LogP contribution in [0.3, 0.4) is 0 Å². The van der Waals surface area contributed by atoms with Crippen LogP contribution in [0.5, 0.6) is 5.75 Å². The lowest BCUT2D eigenvalue weighted by Crippen LogP contribution is -1.96. The fraction of sp³-hybridized carbons (Fsp3) is 0.0625. The molecular formula is C16H14N2O. The molecule has 19 heavy (non-hydrogen) atoms. The number of pyridine rings is 1. The first-order chi connectivity index (χ1) is 9.33. The highest BCUT2D eigenvalue weighted by Crippen LogP contribution is 2.26. The van der Waals surface area contributed by atoms with Crippen LogP contribution < -0.4 is 10.5 Å². The Labute approximate surface area is 111 Å². The lowest BCUT2D eigenvalue weighted by Gasteiger charge is -2.09. The summed E-state index contributed by atoms with van der Waals surface area (Å²) in [5.74, 6) is 0.779. The molecule has 0 spiro atoms. The predicted molar refractivity (Wildman–Crippen MR) is 76.9 cm³/mol. The average Bonchev–Trinajstić information content (AvgIpc) is 2.45. The summed E-state index contributed by atoms with van der Waals surface area (Å²) in [6.45, 7) is 0.534. The maximum atomic E-state index is 5.84. The SMILES string of the molecule is Nc1ccc2c(OCc3ccccc3)cncc2c1. The van der Waals surface area contributed by atoms with E-state index >= 15 is 0 Å². The van der Waals surface area contributed by atoms with Crippen molar-refractivity contribution < 1.29 is 4.74 Å². The molecule has 3 nitrogen and oxygen atoms in total. The van der Waals surface area contributed by atoms with E-state index in [1.54, 1.807) is 12.4 Å². The van der Waals surface area contributed by atoms with Crippen LogP contribution in [0.15, 0.2) is 60.9 Å². The molecule has 1 heterocycles. The van der Waals surface area contributed by atoms with E-state index in [1.807, 2.05) is 48.5 Å². The first-order valence-corrected chi connectivity index (χ1v) is 6.13. The highest BCUT2D eigenvalue weighted by molar-refractivity contribution is 5.89. The molecule has 0 amide bonds. The third-order valence-corrected chi connectivity index (χ3v) is 2.98. The summed E-state index contributed by atoms with van der Waals surface area (Å²) in [6.07, 6.45) is 3.53. The lowest BCUT2D eigenvalue weighted by atomic mass is 10.1. The Morgan fingerprint density at radius 2 is 1.84 bits per heavy atom. The van der Waals surface area contributed by atoms with Gasteiger partial charge in [0.15, 0.2) is 0 Å². The monoisotopic (exact) mass is 250 g/mol. The molecule has 0 saturated heterocycles. The highest BCUT2D eigenvalue weighted by atomic mass is 16.5. The minimum atomic E-state index is 0.534. The number of nitrogen functional groups attached to an aromatic ring is 1. The second-order valence-electron chi connectivity index (χ2n) is 4.39. The Bertz CT molecular complexity index is 695. The minimum absolute atomic E-state index is 0.534. The maximum Gasteiger partial charge on any atom is 0.145 e. The zero-order valence-corrected chi connectivity index (χ0v) is 10.4. The van der Waals surface area contributed by atoms with Crippen LogP contribution in [0.1, 0.15) is 5.56 Å². The van der Waals surface area contributed by atoms with Gasteiger partial charge in [0.05, 0.1) is 6.20 Å². The molecule has 0 aliphatic carbocycles. The normalized spacial score (nSPS) is 10.5. The third kappa shape index (κ3) is 2.50. The average molecular weight is 250 g/mol. The molecule has 3 aromatic rings. The smallest absolute Gasteiger partial charge is 0.145 e. The lowest BCUT2D eigenvalue weighted by molar-refractivity contribution is 0.309. The summed E-state index contributed by atoms with van der Waals surface area (Å²) >= 11 is 0. The topological polar surface area (TPSA) is 48.1 Å². The molecule has 2 aromatic carbocycles. The second-order valence-corrected chi connectivity index (χ2v) is 4.39.